The lowest BCUT2D eigenvalue weighted by Crippen LogP contribution is -2.24. The number of carbonyl (C=O) groups is 1. The van der Waals surface area contributed by atoms with Gasteiger partial charge in [-0.25, -0.2) is 13.2 Å². The van der Waals surface area contributed by atoms with Crippen LogP contribution in [-0.2, 0) is 15.4 Å². The molecular weight excluding hydrogens is 382 g/mol. The first-order valence-corrected chi connectivity index (χ1v) is 10.8. The molecule has 0 spiro atoms. The summed E-state index contributed by atoms with van der Waals surface area (Å²) in [5, 5.41) is 9.26. The van der Waals surface area contributed by atoms with E-state index in [1.165, 1.54) is 27.5 Å². The molecule has 0 atom stereocenters. The van der Waals surface area contributed by atoms with Crippen LogP contribution in [0.25, 0.3) is 0 Å². The zero-order valence-corrected chi connectivity index (χ0v) is 17.8. The normalized spacial score (nSPS) is 12.4. The van der Waals surface area contributed by atoms with Crippen molar-refractivity contribution in [3.8, 4) is 0 Å². The summed E-state index contributed by atoms with van der Waals surface area (Å²) in [6, 6.07) is 12.0. The minimum atomic E-state index is -3.83. The van der Waals surface area contributed by atoms with E-state index in [0.29, 0.717) is 5.56 Å². The number of hydrogen-bond acceptors (Lipinski definition) is 4. The summed E-state index contributed by atoms with van der Waals surface area (Å²) in [6.07, 6.45) is 0. The predicted molar refractivity (Wildman–Crippen MR) is 109 cm³/mol. The molecule has 2 aromatic carbocycles. The van der Waals surface area contributed by atoms with Gasteiger partial charge >= 0.3 is 5.97 Å². The Labute approximate surface area is 165 Å². The minimum Gasteiger partial charge on any atom is -0.478 e. The largest absolute Gasteiger partial charge is 0.478 e. The maximum absolute atomic E-state index is 13.0. The third kappa shape index (κ3) is 4.91. The molecule has 5 nitrogen and oxygen atoms in total. The fraction of sp³-hybridized carbons (Fsp3) is 0.350. The van der Waals surface area contributed by atoms with Gasteiger partial charge in [-0.2, -0.15) is 0 Å². The lowest BCUT2D eigenvalue weighted by molar-refractivity contribution is 0.0696. The van der Waals surface area contributed by atoms with Gasteiger partial charge in [-0.3, -0.25) is 0 Å². The van der Waals surface area contributed by atoms with Gasteiger partial charge in [0.1, 0.15) is 0 Å². The Bertz CT molecular complexity index is 929. The maximum atomic E-state index is 13.0. The molecule has 0 saturated heterocycles. The highest BCUT2D eigenvalue weighted by atomic mass is 32.3. The van der Waals surface area contributed by atoms with Crippen molar-refractivity contribution in [2.75, 3.05) is 6.54 Å². The fourth-order valence-corrected chi connectivity index (χ4v) is 5.14. The molecule has 0 bridgehead atoms. The molecule has 1 N–H and O–H groups in total. The van der Waals surface area contributed by atoms with Crippen molar-refractivity contribution in [2.24, 2.45) is 0 Å². The molecule has 0 aliphatic heterocycles. The Morgan fingerprint density at radius 3 is 2.19 bits per heavy atom. The van der Waals surface area contributed by atoms with E-state index in [2.05, 4.69) is 20.8 Å². The first kappa shape index (κ1) is 21.5. The number of hydrogen-bond donors (Lipinski definition) is 1. The summed E-state index contributed by atoms with van der Waals surface area (Å²) in [4.78, 5) is 12.1. The molecule has 2 rings (SSSR count). The van der Waals surface area contributed by atoms with E-state index in [0.717, 1.165) is 16.8 Å². The molecule has 0 radical (unpaired) electrons. The Morgan fingerprint density at radius 2 is 1.70 bits per heavy atom. The van der Waals surface area contributed by atoms with E-state index < -0.39 is 16.0 Å². The molecule has 0 aliphatic rings. The molecule has 0 unspecified atom stereocenters. The topological polar surface area (TPSA) is 74.7 Å². The highest BCUT2D eigenvalue weighted by Gasteiger charge is 2.26. The second-order valence-corrected chi connectivity index (χ2v) is 10.5. The number of sulfonamides is 1. The molecule has 7 heteroatoms. The van der Waals surface area contributed by atoms with Gasteiger partial charge in [-0.05, 0) is 59.7 Å². The molecule has 0 aliphatic carbocycles. The van der Waals surface area contributed by atoms with Gasteiger partial charge in [0.2, 0.25) is 0 Å². The smallest absolute Gasteiger partial charge is 0.335 e. The van der Waals surface area contributed by atoms with Crippen LogP contribution in [0, 0.1) is 6.92 Å². The summed E-state index contributed by atoms with van der Waals surface area (Å²) in [6.45, 7) is 10.0. The predicted octanol–water partition coefficient (Wildman–Crippen LogP) is 4.71. The molecule has 0 heterocycles. The van der Waals surface area contributed by atoms with Crippen LogP contribution in [0.1, 0.15) is 49.2 Å². The number of aromatic carboxylic acids is 1. The van der Waals surface area contributed by atoms with Crippen LogP contribution >= 0.6 is 11.9 Å². The Kier molecular flexibility index (Phi) is 6.39. The monoisotopic (exact) mass is 407 g/mol. The molecule has 2 aromatic rings. The highest BCUT2D eigenvalue weighted by Crippen LogP contribution is 2.31. The summed E-state index contributed by atoms with van der Waals surface area (Å²) in [5.74, 6) is -1.14. The molecule has 0 amide bonds. The van der Waals surface area contributed by atoms with E-state index in [-0.39, 0.29) is 22.4 Å². The van der Waals surface area contributed by atoms with Crippen LogP contribution in [0.3, 0.4) is 0 Å². The first-order valence-electron chi connectivity index (χ1n) is 8.62. The van der Waals surface area contributed by atoms with Crippen LogP contribution in [0.5, 0.6) is 0 Å². The second-order valence-electron chi connectivity index (χ2n) is 7.27. The first-order chi connectivity index (χ1) is 12.5. The third-order valence-corrected chi connectivity index (χ3v) is 7.59. The number of carboxylic acids is 1. The molecule has 0 saturated carbocycles. The average Bonchev–Trinajstić information content (AvgIpc) is 2.59. The third-order valence-electron chi connectivity index (χ3n) is 4.19. The van der Waals surface area contributed by atoms with Crippen LogP contribution in [-0.4, -0.2) is 29.7 Å². The fourth-order valence-electron chi connectivity index (χ4n) is 2.53. The van der Waals surface area contributed by atoms with E-state index in [1.54, 1.807) is 13.8 Å². The maximum Gasteiger partial charge on any atom is 0.335 e. The standard InChI is InChI=1S/C20H25NO4S2/c1-6-21(26-16-10-8-15(9-11-16)20(3,4)5)27(24,25)17-12-7-14(2)18(13-17)19(22)23/h7-13H,6H2,1-5H3,(H,22,23). The molecule has 27 heavy (non-hydrogen) atoms. The van der Waals surface area contributed by atoms with Gasteiger partial charge in [0.25, 0.3) is 10.0 Å². The number of carboxylic acid groups (broad SMARTS) is 1. The summed E-state index contributed by atoms with van der Waals surface area (Å²) < 4.78 is 27.3. The number of benzene rings is 2. The lowest BCUT2D eigenvalue weighted by atomic mass is 9.87. The van der Waals surface area contributed by atoms with Gasteiger partial charge in [0, 0.05) is 11.4 Å². The van der Waals surface area contributed by atoms with Gasteiger partial charge < -0.3 is 5.11 Å². The van der Waals surface area contributed by atoms with E-state index >= 15 is 0 Å². The van der Waals surface area contributed by atoms with Crippen molar-refractivity contribution in [3.63, 3.8) is 0 Å². The Morgan fingerprint density at radius 1 is 1.11 bits per heavy atom. The van der Waals surface area contributed by atoms with Gasteiger partial charge in [-0.1, -0.05) is 45.9 Å². The number of aryl methyl sites for hydroxylation is 1. The van der Waals surface area contributed by atoms with Crippen LogP contribution in [0.2, 0.25) is 0 Å². The van der Waals surface area contributed by atoms with Crippen molar-refractivity contribution < 1.29 is 18.3 Å². The lowest BCUT2D eigenvalue weighted by Gasteiger charge is -2.21. The van der Waals surface area contributed by atoms with Gasteiger partial charge in [0.15, 0.2) is 0 Å². The van der Waals surface area contributed by atoms with Crippen LogP contribution < -0.4 is 0 Å². The summed E-state index contributed by atoms with van der Waals surface area (Å²) >= 11 is 1.13. The highest BCUT2D eigenvalue weighted by molar-refractivity contribution is 8.08. The number of rotatable bonds is 6. The number of nitrogens with zero attached hydrogens (tertiary/aromatic N) is 1. The van der Waals surface area contributed by atoms with Crippen molar-refractivity contribution in [1.82, 2.24) is 3.71 Å². The Hall–Kier alpha value is -1.83. The Balaban J connectivity index is 2.33. The quantitative estimate of drug-likeness (QED) is 0.702. The van der Waals surface area contributed by atoms with Crippen molar-refractivity contribution in [3.05, 3.63) is 59.2 Å². The van der Waals surface area contributed by atoms with Gasteiger partial charge in [-0.15, -0.1) is 3.71 Å². The van der Waals surface area contributed by atoms with E-state index in [1.807, 2.05) is 24.3 Å². The van der Waals surface area contributed by atoms with Crippen LogP contribution in [0.15, 0.2) is 52.3 Å². The van der Waals surface area contributed by atoms with Crippen molar-refractivity contribution in [1.29, 1.82) is 0 Å². The molecule has 0 fully saturated rings. The van der Waals surface area contributed by atoms with Gasteiger partial charge in [0.05, 0.1) is 10.5 Å². The SMILES string of the molecule is CCN(Sc1ccc(C(C)(C)C)cc1)S(=O)(=O)c1ccc(C)c(C(=O)O)c1. The zero-order valence-electron chi connectivity index (χ0n) is 16.2. The average molecular weight is 408 g/mol. The zero-order chi connectivity index (χ0) is 20.4. The summed E-state index contributed by atoms with van der Waals surface area (Å²) in [7, 11) is -3.83. The molecular formula is C20H25NO4S2. The van der Waals surface area contributed by atoms with E-state index in [4.69, 9.17) is 0 Å². The second kappa shape index (κ2) is 8.04. The van der Waals surface area contributed by atoms with Crippen LogP contribution in [0.4, 0.5) is 0 Å². The van der Waals surface area contributed by atoms with Crippen molar-refractivity contribution in [2.45, 2.75) is 49.8 Å². The minimum absolute atomic E-state index is 0.00772. The molecule has 0 aromatic heterocycles. The van der Waals surface area contributed by atoms with E-state index in [9.17, 15) is 18.3 Å². The van der Waals surface area contributed by atoms with Crippen molar-refractivity contribution >= 4 is 27.9 Å². The summed E-state index contributed by atoms with van der Waals surface area (Å²) in [5.41, 5.74) is 1.71. The molecule has 146 valence electrons.